The van der Waals surface area contributed by atoms with E-state index >= 15 is 0 Å². The smallest absolute Gasteiger partial charge is 0.231 e. The van der Waals surface area contributed by atoms with E-state index in [4.69, 9.17) is 0 Å². The van der Waals surface area contributed by atoms with Gasteiger partial charge in [-0.05, 0) is 11.1 Å². The second kappa shape index (κ2) is 7.40. The first-order chi connectivity index (χ1) is 11.2. The summed E-state index contributed by atoms with van der Waals surface area (Å²) in [7, 11) is 0. The molecule has 3 rings (SSSR count). The molecular weight excluding hydrogens is 286 g/mol. The van der Waals surface area contributed by atoms with E-state index < -0.39 is 0 Å². The maximum atomic E-state index is 11.2. The zero-order valence-corrected chi connectivity index (χ0v) is 13.5. The van der Waals surface area contributed by atoms with Crippen LogP contribution < -0.4 is 5.43 Å². The Balaban J connectivity index is 1.79. The van der Waals surface area contributed by atoms with Crippen molar-refractivity contribution in [1.82, 2.24) is 15.3 Å². The summed E-state index contributed by atoms with van der Waals surface area (Å²) in [6, 6.07) is 21.5. The lowest BCUT2D eigenvalue weighted by Gasteiger charge is -2.39. The lowest BCUT2D eigenvalue weighted by molar-refractivity contribution is -0.124. The molecule has 0 atom stereocenters. The van der Waals surface area contributed by atoms with Crippen molar-refractivity contribution in [3.8, 4) is 0 Å². The number of hydrogen-bond acceptors (Lipinski definition) is 3. The van der Waals surface area contributed by atoms with E-state index in [9.17, 15) is 4.79 Å². The van der Waals surface area contributed by atoms with E-state index in [1.165, 1.54) is 11.1 Å². The van der Waals surface area contributed by atoms with Crippen LogP contribution in [-0.2, 0) is 4.79 Å². The Bertz CT molecular complexity index is 582. The minimum absolute atomic E-state index is 0.00104. The molecule has 1 heterocycles. The third-order valence-corrected chi connectivity index (χ3v) is 4.23. The average Bonchev–Trinajstić information content (AvgIpc) is 2.58. The Morgan fingerprint density at radius 1 is 0.870 bits per heavy atom. The highest BCUT2D eigenvalue weighted by atomic mass is 16.2. The highest BCUT2D eigenvalue weighted by Gasteiger charge is 2.26. The number of nitrogens with one attached hydrogen (secondary N) is 1. The molecule has 1 amide bonds. The number of rotatable bonds is 4. The van der Waals surface area contributed by atoms with Crippen molar-refractivity contribution in [2.45, 2.75) is 13.0 Å². The first-order valence-corrected chi connectivity index (χ1v) is 8.10. The van der Waals surface area contributed by atoms with Crippen LogP contribution in [0.25, 0.3) is 0 Å². The van der Waals surface area contributed by atoms with Crippen LogP contribution in [0.5, 0.6) is 0 Å². The molecule has 4 heteroatoms. The van der Waals surface area contributed by atoms with Gasteiger partial charge in [-0.25, -0.2) is 5.01 Å². The van der Waals surface area contributed by atoms with Crippen LogP contribution in [0.2, 0.25) is 0 Å². The molecular formula is C19H23N3O. The Kier molecular flexibility index (Phi) is 5.05. The molecule has 1 N–H and O–H groups in total. The summed E-state index contributed by atoms with van der Waals surface area (Å²) in [6.45, 7) is 5.10. The number of carbonyl (C=O) groups is 1. The number of nitrogens with zero attached hydrogens (tertiary/aromatic N) is 2. The summed E-state index contributed by atoms with van der Waals surface area (Å²) in [6.07, 6.45) is 0. The largest absolute Gasteiger partial charge is 0.290 e. The predicted molar refractivity (Wildman–Crippen MR) is 91.7 cm³/mol. The summed E-state index contributed by atoms with van der Waals surface area (Å²) >= 11 is 0. The zero-order chi connectivity index (χ0) is 16.1. The van der Waals surface area contributed by atoms with Crippen LogP contribution in [0.4, 0.5) is 0 Å². The second-order valence-electron chi connectivity index (χ2n) is 5.91. The quantitative estimate of drug-likeness (QED) is 0.942. The third kappa shape index (κ3) is 3.97. The molecule has 0 aromatic heterocycles. The maximum absolute atomic E-state index is 11.2. The van der Waals surface area contributed by atoms with Crippen molar-refractivity contribution in [2.24, 2.45) is 0 Å². The summed E-state index contributed by atoms with van der Waals surface area (Å²) < 4.78 is 0. The summed E-state index contributed by atoms with van der Waals surface area (Å²) in [5, 5.41) is 2.01. The molecule has 1 aliphatic heterocycles. The average molecular weight is 309 g/mol. The lowest BCUT2D eigenvalue weighted by atomic mass is 9.96. The van der Waals surface area contributed by atoms with Crippen molar-refractivity contribution in [3.05, 3.63) is 71.8 Å². The van der Waals surface area contributed by atoms with Crippen molar-refractivity contribution in [2.75, 3.05) is 26.2 Å². The van der Waals surface area contributed by atoms with Gasteiger partial charge in [0.2, 0.25) is 5.91 Å². The molecule has 0 aliphatic carbocycles. The van der Waals surface area contributed by atoms with Gasteiger partial charge in [0.15, 0.2) is 0 Å². The number of piperazine rings is 1. The number of benzene rings is 2. The van der Waals surface area contributed by atoms with E-state index in [1.54, 1.807) is 6.92 Å². The summed E-state index contributed by atoms with van der Waals surface area (Å²) in [5.41, 5.74) is 5.51. The third-order valence-electron chi connectivity index (χ3n) is 4.23. The van der Waals surface area contributed by atoms with Gasteiger partial charge in [0.1, 0.15) is 0 Å². The molecule has 0 bridgehead atoms. The number of amides is 1. The summed E-state index contributed by atoms with van der Waals surface area (Å²) in [5.74, 6) is 0.00104. The Labute approximate surface area is 137 Å². The molecule has 120 valence electrons. The van der Waals surface area contributed by atoms with Gasteiger partial charge in [0.05, 0.1) is 6.04 Å². The van der Waals surface area contributed by atoms with Gasteiger partial charge < -0.3 is 0 Å². The molecule has 4 nitrogen and oxygen atoms in total. The summed E-state index contributed by atoms with van der Waals surface area (Å²) in [4.78, 5) is 13.7. The highest BCUT2D eigenvalue weighted by molar-refractivity contribution is 5.72. The van der Waals surface area contributed by atoms with Crippen LogP contribution in [0, 0.1) is 0 Å². The molecule has 0 unspecified atom stereocenters. The first-order valence-electron chi connectivity index (χ1n) is 8.10. The van der Waals surface area contributed by atoms with E-state index in [-0.39, 0.29) is 11.9 Å². The van der Waals surface area contributed by atoms with Gasteiger partial charge in [-0.15, -0.1) is 0 Å². The number of hydrazine groups is 1. The van der Waals surface area contributed by atoms with Gasteiger partial charge in [-0.1, -0.05) is 60.7 Å². The van der Waals surface area contributed by atoms with E-state index in [0.717, 1.165) is 26.2 Å². The van der Waals surface area contributed by atoms with Gasteiger partial charge in [0.25, 0.3) is 0 Å². The van der Waals surface area contributed by atoms with Crippen molar-refractivity contribution in [1.29, 1.82) is 0 Å². The minimum Gasteiger partial charge on any atom is -0.290 e. The Hall–Kier alpha value is -2.17. The molecule has 0 saturated carbocycles. The molecule has 2 aromatic carbocycles. The van der Waals surface area contributed by atoms with E-state index in [0.29, 0.717) is 0 Å². The standard InChI is InChI=1S/C19H23N3O/c1-16(23)20-22-14-12-21(13-15-22)19(17-8-4-2-5-9-17)18-10-6-3-7-11-18/h2-11,19H,12-15H2,1H3,(H,20,23). The molecule has 2 aromatic rings. The fourth-order valence-corrected chi connectivity index (χ4v) is 3.20. The molecule has 0 radical (unpaired) electrons. The lowest BCUT2D eigenvalue weighted by Crippen LogP contribution is -2.53. The van der Waals surface area contributed by atoms with Gasteiger partial charge in [-0.2, -0.15) is 0 Å². The van der Waals surface area contributed by atoms with Gasteiger partial charge in [-0.3, -0.25) is 15.1 Å². The Morgan fingerprint density at radius 3 is 1.78 bits per heavy atom. The van der Waals surface area contributed by atoms with Gasteiger partial charge >= 0.3 is 0 Å². The van der Waals surface area contributed by atoms with E-state index in [1.807, 2.05) is 5.01 Å². The second-order valence-corrected chi connectivity index (χ2v) is 5.91. The van der Waals surface area contributed by atoms with Crippen LogP contribution in [0.3, 0.4) is 0 Å². The topological polar surface area (TPSA) is 35.6 Å². The zero-order valence-electron chi connectivity index (χ0n) is 13.5. The monoisotopic (exact) mass is 309 g/mol. The van der Waals surface area contributed by atoms with Crippen LogP contribution >= 0.6 is 0 Å². The SMILES string of the molecule is CC(=O)NN1CCN(C(c2ccccc2)c2ccccc2)CC1. The molecule has 23 heavy (non-hydrogen) atoms. The van der Waals surface area contributed by atoms with E-state index in [2.05, 4.69) is 71.0 Å². The fourth-order valence-electron chi connectivity index (χ4n) is 3.20. The van der Waals surface area contributed by atoms with Crippen LogP contribution in [0.15, 0.2) is 60.7 Å². The number of carbonyl (C=O) groups excluding carboxylic acids is 1. The highest BCUT2D eigenvalue weighted by Crippen LogP contribution is 2.29. The first kappa shape index (κ1) is 15.7. The molecule has 1 fully saturated rings. The molecule has 0 spiro atoms. The van der Waals surface area contributed by atoms with Crippen molar-refractivity contribution < 1.29 is 4.79 Å². The Morgan fingerprint density at radius 2 is 1.35 bits per heavy atom. The maximum Gasteiger partial charge on any atom is 0.231 e. The number of hydrogen-bond donors (Lipinski definition) is 1. The predicted octanol–water partition coefficient (Wildman–Crippen LogP) is 2.44. The van der Waals surface area contributed by atoms with Crippen molar-refractivity contribution in [3.63, 3.8) is 0 Å². The van der Waals surface area contributed by atoms with Gasteiger partial charge in [0, 0.05) is 33.1 Å². The van der Waals surface area contributed by atoms with Crippen molar-refractivity contribution >= 4 is 5.91 Å². The molecule has 1 aliphatic rings. The van der Waals surface area contributed by atoms with Crippen LogP contribution in [-0.4, -0.2) is 42.0 Å². The van der Waals surface area contributed by atoms with Crippen LogP contribution in [0.1, 0.15) is 24.1 Å². The minimum atomic E-state index is 0.00104. The fraction of sp³-hybridized carbons (Fsp3) is 0.316. The molecule has 1 saturated heterocycles. The normalized spacial score (nSPS) is 16.4.